The standard InChI is InChI=1S/Ba.4H2O.Pb.Ti.4H/h;4*1H2;;;;;;/q+2;;;;;;;;;2*-1. The molecular weight excluding hydrogens is 456 g/mol. The van der Waals surface area contributed by atoms with Crippen LogP contribution in [0.3, 0.4) is 0 Å². The first-order chi connectivity index (χ1) is 0. The zero-order valence-electron chi connectivity index (χ0n) is 5.91. The minimum Gasteiger partial charge on any atom is 0 e. The molecule has 0 atom stereocenters. The molecule has 4 nitrogen and oxygen atoms in total. The van der Waals surface area contributed by atoms with E-state index in [2.05, 4.69) is 0 Å². The molecule has 8 N–H and O–H groups in total. The first-order valence-electron chi connectivity index (χ1n) is 0. The minimum atomic E-state index is 0. The molecule has 0 aromatic rings. The van der Waals surface area contributed by atoms with E-state index in [4.69, 9.17) is 0 Å². The molecule has 0 unspecified atom stereocenters. The van der Waals surface area contributed by atoms with Crippen LogP contribution in [0.1, 0.15) is 2.85 Å². The predicted octanol–water partition coefficient (Wildman–Crippen LogP) is -4.37. The van der Waals surface area contributed by atoms with Crippen LogP contribution in [0.5, 0.6) is 0 Å². The topological polar surface area (TPSA) is 126 Å². The van der Waals surface area contributed by atoms with Gasteiger partial charge in [-0.05, 0) is 0 Å². The van der Waals surface area contributed by atoms with Crippen molar-refractivity contribution in [1.82, 2.24) is 0 Å². The normalized spacial score (nSPS) is 0. The van der Waals surface area contributed by atoms with Crippen molar-refractivity contribution in [3.05, 3.63) is 0 Å². The van der Waals surface area contributed by atoms with Crippen molar-refractivity contribution < 1.29 is 46.5 Å². The number of rotatable bonds is 0. The SMILES string of the molecule is O.O.O.O.[Ba+2].[H-].[H-].[PbH2].[Ti]. The zero-order chi connectivity index (χ0) is 0. The smallest absolute Gasteiger partial charge is 0 e. The van der Waals surface area contributed by atoms with Crippen molar-refractivity contribution in [3.8, 4) is 0 Å². The number of hydrogen-bond donors (Lipinski definition) is 0. The van der Waals surface area contributed by atoms with Gasteiger partial charge in [-0.15, -0.1) is 0 Å². The van der Waals surface area contributed by atoms with Gasteiger partial charge in [-0.1, -0.05) is 0 Å². The Hall–Kier alpha value is 3.05. The largest absolute Gasteiger partial charge is 0 e. The molecule has 0 aromatic carbocycles. The molecule has 0 aliphatic rings. The molecule has 2 radical (unpaired) electrons. The fourth-order valence-electron chi connectivity index (χ4n) is 0. The van der Waals surface area contributed by atoms with Crippen molar-refractivity contribution in [3.63, 3.8) is 0 Å². The molecule has 7 heavy (non-hydrogen) atoms. The van der Waals surface area contributed by atoms with E-state index in [1.54, 1.807) is 0 Å². The van der Waals surface area contributed by atoms with Gasteiger partial charge in [0.15, 0.2) is 0 Å². The summed E-state index contributed by atoms with van der Waals surface area (Å²) in [7, 11) is 0. The van der Waals surface area contributed by atoms with E-state index in [1.807, 2.05) is 0 Å². The van der Waals surface area contributed by atoms with Crippen LogP contribution in [-0.4, -0.2) is 98.1 Å². The Morgan fingerprint density at radius 1 is 0.714 bits per heavy atom. The molecule has 0 aromatic heterocycles. The van der Waals surface area contributed by atoms with Crippen LogP contribution in [0.2, 0.25) is 0 Å². The molecule has 0 amide bonds. The minimum absolute atomic E-state index is 0. The molecule has 7 heteroatoms. The fourth-order valence-corrected chi connectivity index (χ4v) is 0. The molecule has 0 rings (SSSR count). The van der Waals surface area contributed by atoms with Crippen molar-refractivity contribution in [2.75, 3.05) is 0 Å². The summed E-state index contributed by atoms with van der Waals surface area (Å²) in [6, 6.07) is 0. The molecule has 0 fully saturated rings. The van der Waals surface area contributed by atoms with Gasteiger partial charge in [0.05, 0.1) is 0 Å². The second-order valence-corrected chi connectivity index (χ2v) is 0. The summed E-state index contributed by atoms with van der Waals surface area (Å²) in [4.78, 5) is 0. The van der Waals surface area contributed by atoms with Crippen LogP contribution in [0.15, 0.2) is 0 Å². The van der Waals surface area contributed by atoms with Crippen LogP contribution in [-0.2, 0) is 21.7 Å². The van der Waals surface area contributed by atoms with E-state index in [0.29, 0.717) is 0 Å². The molecular formula is H12BaO4PbTi. The average Bonchev–Trinajstić information content (AvgIpc) is 0. The maximum atomic E-state index is 0. The quantitative estimate of drug-likeness (QED) is 0.319. The second-order valence-electron chi connectivity index (χ2n) is 0. The Bertz CT molecular complexity index is 18.5. The Labute approximate surface area is 120 Å². The zero-order valence-corrected chi connectivity index (χ0v) is 15.4. The van der Waals surface area contributed by atoms with E-state index in [-0.39, 0.29) is 123 Å². The molecule has 0 heterocycles. The van der Waals surface area contributed by atoms with Crippen LogP contribution in [0.4, 0.5) is 0 Å². The van der Waals surface area contributed by atoms with Crippen molar-refractivity contribution in [2.24, 2.45) is 0 Å². The van der Waals surface area contributed by atoms with Gasteiger partial charge < -0.3 is 24.8 Å². The first-order valence-corrected chi connectivity index (χ1v) is 0. The molecule has 0 bridgehead atoms. The van der Waals surface area contributed by atoms with Gasteiger partial charge in [-0.2, -0.15) is 0 Å². The van der Waals surface area contributed by atoms with Crippen LogP contribution in [0, 0.1) is 0 Å². The van der Waals surface area contributed by atoms with E-state index >= 15 is 0 Å². The summed E-state index contributed by atoms with van der Waals surface area (Å²) in [6.45, 7) is 0. The fraction of sp³-hybridized carbons (Fsp3) is 0. The third-order valence-electron chi connectivity index (χ3n) is 0. The van der Waals surface area contributed by atoms with Crippen molar-refractivity contribution in [2.45, 2.75) is 0 Å². The Balaban J connectivity index is 0. The predicted molar refractivity (Wildman–Crippen MR) is 31.0 cm³/mol. The van der Waals surface area contributed by atoms with Crippen LogP contribution in [0.25, 0.3) is 0 Å². The maximum Gasteiger partial charge on any atom is 0 e. The van der Waals surface area contributed by atoms with Gasteiger partial charge >= 0.3 is 76.2 Å². The summed E-state index contributed by atoms with van der Waals surface area (Å²) in [5.74, 6) is 0. The number of hydrogen-bond acceptors (Lipinski definition) is 0. The van der Waals surface area contributed by atoms with Gasteiger partial charge in [0.2, 0.25) is 0 Å². The monoisotopic (exact) mass is 470 g/mol. The molecule has 0 aliphatic heterocycles. The van der Waals surface area contributed by atoms with E-state index < -0.39 is 0 Å². The van der Waals surface area contributed by atoms with Gasteiger partial charge in [-0.3, -0.25) is 0 Å². The third kappa shape index (κ3) is 48.4. The van der Waals surface area contributed by atoms with Crippen LogP contribution >= 0.6 is 0 Å². The maximum absolute atomic E-state index is 0. The van der Waals surface area contributed by atoms with Crippen molar-refractivity contribution >= 4 is 76.2 Å². The van der Waals surface area contributed by atoms with Gasteiger partial charge in [0.1, 0.15) is 0 Å². The summed E-state index contributed by atoms with van der Waals surface area (Å²) in [5, 5.41) is 0. The Morgan fingerprint density at radius 2 is 0.714 bits per heavy atom. The molecule has 0 saturated heterocycles. The summed E-state index contributed by atoms with van der Waals surface area (Å²) in [5.41, 5.74) is 0. The molecule has 0 aliphatic carbocycles. The third-order valence-corrected chi connectivity index (χ3v) is 0. The van der Waals surface area contributed by atoms with Gasteiger partial charge in [-0.25, -0.2) is 0 Å². The molecule has 0 spiro atoms. The summed E-state index contributed by atoms with van der Waals surface area (Å²) < 4.78 is 0. The first kappa shape index (κ1) is 88.5. The van der Waals surface area contributed by atoms with Gasteiger partial charge in [0, 0.05) is 21.7 Å². The van der Waals surface area contributed by atoms with E-state index in [0.717, 1.165) is 0 Å². The van der Waals surface area contributed by atoms with Crippen LogP contribution < -0.4 is 0 Å². The van der Waals surface area contributed by atoms with E-state index in [1.165, 1.54) is 0 Å². The average molecular weight is 468 g/mol. The Kier molecular flexibility index (Phi) is 798. The van der Waals surface area contributed by atoms with Crippen molar-refractivity contribution in [1.29, 1.82) is 0 Å². The Morgan fingerprint density at radius 3 is 0.714 bits per heavy atom. The van der Waals surface area contributed by atoms with E-state index in [9.17, 15) is 0 Å². The molecule has 46 valence electrons. The second kappa shape index (κ2) is 63.1. The van der Waals surface area contributed by atoms with Gasteiger partial charge in [0.25, 0.3) is 0 Å². The summed E-state index contributed by atoms with van der Waals surface area (Å²) >= 11 is 0. The molecule has 0 saturated carbocycles. The summed E-state index contributed by atoms with van der Waals surface area (Å²) in [6.07, 6.45) is 0.